The molecule has 1 aliphatic carbocycles. The van der Waals surface area contributed by atoms with E-state index in [1.54, 1.807) is 12.1 Å². The molecule has 2 amide bonds. The number of carbonyl (C=O) groups is 2. The fraction of sp³-hybridized carbons (Fsp3) is 0.556. The lowest BCUT2D eigenvalue weighted by Crippen LogP contribution is -2.51. The normalized spacial score (nSPS) is 21.6. The number of nitrogens with zero attached hydrogens (tertiary/aromatic N) is 3. The van der Waals surface area contributed by atoms with Crippen LogP contribution in [0.3, 0.4) is 0 Å². The number of nitrogens with one attached hydrogen (secondary N) is 1. The van der Waals surface area contributed by atoms with Crippen LogP contribution in [0.15, 0.2) is 58.6 Å². The van der Waals surface area contributed by atoms with Gasteiger partial charge in [-0.25, -0.2) is 0 Å². The minimum absolute atomic E-state index is 0.00157. The quantitative estimate of drug-likeness (QED) is 0.109. The SMILES string of the molecule is CCC(C)(C)C1CCC2(CC1)N=C(c1cccc(C(F)(F)F)c1)C(=O)N2[C@H](CCC(C)(C)C)c1ccc(C(=O)NCC(N)=NN)cc1. The van der Waals surface area contributed by atoms with Gasteiger partial charge in [-0.2, -0.15) is 18.3 Å². The lowest BCUT2D eigenvalue weighted by atomic mass is 9.67. The summed E-state index contributed by atoms with van der Waals surface area (Å²) in [5.74, 6) is 4.97. The molecule has 256 valence electrons. The van der Waals surface area contributed by atoms with E-state index >= 15 is 0 Å². The van der Waals surface area contributed by atoms with Gasteiger partial charge >= 0.3 is 6.18 Å². The van der Waals surface area contributed by atoms with E-state index in [2.05, 4.69) is 52.0 Å². The number of nitrogens with two attached hydrogens (primary N) is 2. The van der Waals surface area contributed by atoms with Crippen LogP contribution in [0.4, 0.5) is 13.2 Å². The fourth-order valence-corrected chi connectivity index (χ4v) is 6.77. The molecule has 1 heterocycles. The second-order valence-electron chi connectivity index (χ2n) is 14.9. The molecular weight excluding hydrogens is 605 g/mol. The number of benzene rings is 2. The maximum atomic E-state index is 14.6. The molecule has 0 unspecified atom stereocenters. The molecular formula is C36H49F3N6O2. The summed E-state index contributed by atoms with van der Waals surface area (Å²) < 4.78 is 41.2. The van der Waals surface area contributed by atoms with Crippen LogP contribution < -0.4 is 16.9 Å². The largest absolute Gasteiger partial charge is 0.416 e. The monoisotopic (exact) mass is 654 g/mol. The number of aliphatic imine (C=N–C) groups is 1. The third-order valence-corrected chi connectivity index (χ3v) is 10.1. The maximum absolute atomic E-state index is 14.6. The van der Waals surface area contributed by atoms with E-state index in [9.17, 15) is 22.8 Å². The zero-order valence-electron chi connectivity index (χ0n) is 28.4. The van der Waals surface area contributed by atoms with E-state index in [4.69, 9.17) is 16.6 Å². The third kappa shape index (κ3) is 8.16. The molecule has 1 saturated carbocycles. The van der Waals surface area contributed by atoms with Gasteiger partial charge in [-0.1, -0.05) is 72.2 Å². The molecule has 2 aliphatic rings. The van der Waals surface area contributed by atoms with Crippen LogP contribution in [0.2, 0.25) is 0 Å². The van der Waals surface area contributed by atoms with Crippen molar-refractivity contribution in [1.82, 2.24) is 10.2 Å². The summed E-state index contributed by atoms with van der Waals surface area (Å²) >= 11 is 0. The Morgan fingerprint density at radius 3 is 2.28 bits per heavy atom. The summed E-state index contributed by atoms with van der Waals surface area (Å²) in [5, 5.41) is 6.04. The first-order valence-corrected chi connectivity index (χ1v) is 16.4. The molecule has 4 rings (SSSR count). The maximum Gasteiger partial charge on any atom is 0.416 e. The highest BCUT2D eigenvalue weighted by Gasteiger charge is 2.53. The highest BCUT2D eigenvalue weighted by molar-refractivity contribution is 6.46. The van der Waals surface area contributed by atoms with Crippen molar-refractivity contribution in [3.05, 3.63) is 70.8 Å². The van der Waals surface area contributed by atoms with E-state index in [0.29, 0.717) is 30.7 Å². The molecule has 2 aromatic rings. The molecule has 8 nitrogen and oxygen atoms in total. The van der Waals surface area contributed by atoms with Gasteiger partial charge < -0.3 is 21.8 Å². The molecule has 11 heteroatoms. The van der Waals surface area contributed by atoms with Gasteiger partial charge in [0.05, 0.1) is 18.2 Å². The van der Waals surface area contributed by atoms with E-state index < -0.39 is 23.4 Å². The smallest absolute Gasteiger partial charge is 0.384 e. The topological polar surface area (TPSA) is 126 Å². The number of rotatable bonds is 10. The lowest BCUT2D eigenvalue weighted by molar-refractivity contribution is -0.138. The summed E-state index contributed by atoms with van der Waals surface area (Å²) in [6, 6.07) is 11.6. The van der Waals surface area contributed by atoms with Gasteiger partial charge in [0.25, 0.3) is 11.8 Å². The Morgan fingerprint density at radius 1 is 1.09 bits per heavy atom. The first kappa shape index (κ1) is 36.0. The zero-order chi connectivity index (χ0) is 34.8. The van der Waals surface area contributed by atoms with Crippen LogP contribution in [0.1, 0.15) is 120 Å². The first-order chi connectivity index (χ1) is 21.9. The molecule has 0 saturated heterocycles. The average molecular weight is 655 g/mol. The Bertz CT molecular complexity index is 1500. The van der Waals surface area contributed by atoms with Crippen molar-refractivity contribution in [2.24, 2.45) is 38.4 Å². The number of amidine groups is 1. The van der Waals surface area contributed by atoms with E-state index in [-0.39, 0.29) is 46.3 Å². The molecule has 0 bridgehead atoms. The van der Waals surface area contributed by atoms with E-state index in [0.717, 1.165) is 43.4 Å². The molecule has 47 heavy (non-hydrogen) atoms. The third-order valence-electron chi connectivity index (χ3n) is 10.1. The van der Waals surface area contributed by atoms with Crippen molar-refractivity contribution >= 4 is 23.4 Å². The van der Waals surface area contributed by atoms with Gasteiger partial charge in [0, 0.05) is 11.1 Å². The van der Waals surface area contributed by atoms with Gasteiger partial charge in [-0.3, -0.25) is 14.6 Å². The molecule has 1 spiro atoms. The second-order valence-corrected chi connectivity index (χ2v) is 14.9. The van der Waals surface area contributed by atoms with Gasteiger partial charge in [-0.05, 0) is 85.1 Å². The number of amides is 2. The summed E-state index contributed by atoms with van der Waals surface area (Å²) in [5.41, 5.74) is 5.45. The van der Waals surface area contributed by atoms with Crippen molar-refractivity contribution in [2.75, 3.05) is 6.54 Å². The molecule has 1 aliphatic heterocycles. The van der Waals surface area contributed by atoms with Gasteiger partial charge in [0.1, 0.15) is 17.2 Å². The minimum atomic E-state index is -4.55. The Labute approximate surface area is 276 Å². The standard InChI is InChI=1S/C36H49F3N6O2/c1-7-34(5,6)26-15-19-35(20-16-26)43-30(25-9-8-10-27(21-25)36(37,38)39)32(47)45(35)28(17-18-33(2,3)4)23-11-13-24(14-12-23)31(46)42-22-29(40)44-41/h8-14,21,26,28H,7,15-20,22,41H2,1-6H3,(H2,40,44)(H,42,46)/t26?,28-,35?/m1/s1. The fourth-order valence-electron chi connectivity index (χ4n) is 6.77. The summed E-state index contributed by atoms with van der Waals surface area (Å²) in [6.07, 6.45) is 0.799. The predicted molar refractivity (Wildman–Crippen MR) is 180 cm³/mol. The summed E-state index contributed by atoms with van der Waals surface area (Å²) in [7, 11) is 0. The van der Waals surface area contributed by atoms with Crippen LogP contribution in [0.5, 0.6) is 0 Å². The van der Waals surface area contributed by atoms with Crippen LogP contribution in [-0.2, 0) is 11.0 Å². The van der Waals surface area contributed by atoms with Crippen LogP contribution in [0, 0.1) is 16.7 Å². The van der Waals surface area contributed by atoms with Crippen LogP contribution in [-0.4, -0.2) is 40.5 Å². The Morgan fingerprint density at radius 2 is 1.72 bits per heavy atom. The predicted octanol–water partition coefficient (Wildman–Crippen LogP) is 7.19. The van der Waals surface area contributed by atoms with Crippen LogP contribution >= 0.6 is 0 Å². The van der Waals surface area contributed by atoms with Gasteiger partial charge in [0.15, 0.2) is 0 Å². The molecule has 2 aromatic carbocycles. The molecule has 1 atom stereocenters. The number of carbonyl (C=O) groups excluding carboxylic acids is 2. The van der Waals surface area contributed by atoms with Crippen molar-refractivity contribution in [2.45, 2.75) is 104 Å². The average Bonchev–Trinajstić information content (AvgIpc) is 3.30. The number of hydrogen-bond donors (Lipinski definition) is 3. The number of halogens is 3. The summed E-state index contributed by atoms with van der Waals surface area (Å²) in [4.78, 5) is 34.3. The number of hydrazone groups is 1. The van der Waals surface area contributed by atoms with Crippen molar-refractivity contribution < 1.29 is 22.8 Å². The van der Waals surface area contributed by atoms with E-state index in [1.165, 1.54) is 12.1 Å². The Hall–Kier alpha value is -3.89. The molecule has 1 fully saturated rings. The van der Waals surface area contributed by atoms with E-state index in [1.807, 2.05) is 17.0 Å². The summed E-state index contributed by atoms with van der Waals surface area (Å²) in [6.45, 7) is 13.1. The van der Waals surface area contributed by atoms with Gasteiger partial charge in [-0.15, -0.1) is 0 Å². The molecule has 5 N–H and O–H groups in total. The van der Waals surface area contributed by atoms with Crippen molar-refractivity contribution in [1.29, 1.82) is 0 Å². The minimum Gasteiger partial charge on any atom is -0.384 e. The first-order valence-electron chi connectivity index (χ1n) is 16.4. The Balaban J connectivity index is 1.78. The van der Waals surface area contributed by atoms with Crippen LogP contribution in [0.25, 0.3) is 0 Å². The highest BCUT2D eigenvalue weighted by Crippen LogP contribution is 2.51. The lowest BCUT2D eigenvalue weighted by Gasteiger charge is -2.48. The van der Waals surface area contributed by atoms with Crippen molar-refractivity contribution in [3.63, 3.8) is 0 Å². The number of hydrogen-bond acceptors (Lipinski definition) is 5. The van der Waals surface area contributed by atoms with Gasteiger partial charge in [0.2, 0.25) is 0 Å². The zero-order valence-corrected chi connectivity index (χ0v) is 28.4. The number of alkyl halides is 3. The molecule has 0 radical (unpaired) electrons. The Kier molecular flexibility index (Phi) is 10.5. The highest BCUT2D eigenvalue weighted by atomic mass is 19.4. The molecule has 0 aromatic heterocycles. The van der Waals surface area contributed by atoms with Crippen molar-refractivity contribution in [3.8, 4) is 0 Å². The second kappa shape index (κ2) is 13.7.